The van der Waals surface area contributed by atoms with Crippen molar-refractivity contribution in [3.05, 3.63) is 24.8 Å². The summed E-state index contributed by atoms with van der Waals surface area (Å²) < 4.78 is 0. The van der Waals surface area contributed by atoms with E-state index in [1.807, 2.05) is 0 Å². The SMILES string of the molecule is C#CCN(OCC=C)C(=O)CCCCCCC/C=C\CCCCCCCC. The van der Waals surface area contributed by atoms with Crippen LogP contribution in [0, 0.1) is 12.3 Å². The zero-order chi connectivity index (χ0) is 20.0. The molecule has 0 bridgehead atoms. The van der Waals surface area contributed by atoms with Gasteiger partial charge in [-0.3, -0.25) is 9.63 Å². The predicted octanol–water partition coefficient (Wildman–Crippen LogP) is 6.60. The lowest BCUT2D eigenvalue weighted by molar-refractivity contribution is -0.178. The molecule has 0 saturated carbocycles. The molecule has 0 fully saturated rings. The monoisotopic (exact) mass is 375 g/mol. The first kappa shape index (κ1) is 25.5. The van der Waals surface area contributed by atoms with Crippen molar-refractivity contribution in [2.24, 2.45) is 0 Å². The van der Waals surface area contributed by atoms with Crippen LogP contribution >= 0.6 is 0 Å². The number of unbranched alkanes of at least 4 members (excludes halogenated alkanes) is 11. The van der Waals surface area contributed by atoms with Crippen LogP contribution in [-0.2, 0) is 9.63 Å². The highest BCUT2D eigenvalue weighted by Gasteiger charge is 2.12. The highest BCUT2D eigenvalue weighted by Crippen LogP contribution is 2.10. The fraction of sp³-hybridized carbons (Fsp3) is 0.708. The molecule has 0 aromatic heterocycles. The molecule has 0 unspecified atom stereocenters. The Morgan fingerprint density at radius 1 is 0.963 bits per heavy atom. The van der Waals surface area contributed by atoms with Gasteiger partial charge in [0.05, 0.1) is 6.61 Å². The second-order valence-electron chi connectivity index (χ2n) is 7.05. The van der Waals surface area contributed by atoms with Gasteiger partial charge in [-0.15, -0.1) is 13.0 Å². The summed E-state index contributed by atoms with van der Waals surface area (Å²) in [5.74, 6) is 2.42. The highest BCUT2D eigenvalue weighted by molar-refractivity contribution is 5.75. The smallest absolute Gasteiger partial charge is 0.247 e. The maximum Gasteiger partial charge on any atom is 0.247 e. The first-order valence-electron chi connectivity index (χ1n) is 10.9. The Labute approximate surface area is 168 Å². The number of hydrogen-bond donors (Lipinski definition) is 0. The van der Waals surface area contributed by atoms with E-state index in [0.717, 1.165) is 12.8 Å². The third-order valence-electron chi connectivity index (χ3n) is 4.51. The van der Waals surface area contributed by atoms with Crippen molar-refractivity contribution in [1.82, 2.24) is 5.06 Å². The number of carbonyl (C=O) groups is 1. The molecule has 154 valence electrons. The van der Waals surface area contributed by atoms with E-state index in [-0.39, 0.29) is 12.5 Å². The van der Waals surface area contributed by atoms with Gasteiger partial charge in [0.25, 0.3) is 0 Å². The van der Waals surface area contributed by atoms with Crippen molar-refractivity contribution in [3.63, 3.8) is 0 Å². The number of carbonyl (C=O) groups excluding carboxylic acids is 1. The highest BCUT2D eigenvalue weighted by atomic mass is 16.7. The minimum Gasteiger partial charge on any atom is -0.273 e. The fourth-order valence-corrected chi connectivity index (χ4v) is 2.90. The minimum atomic E-state index is -0.0348. The van der Waals surface area contributed by atoms with Crippen LogP contribution in [0.3, 0.4) is 0 Å². The number of hydroxylamine groups is 2. The number of amides is 1. The molecule has 3 heteroatoms. The van der Waals surface area contributed by atoms with Gasteiger partial charge in [0.15, 0.2) is 0 Å². The maximum atomic E-state index is 12.0. The number of rotatable bonds is 19. The molecule has 1 amide bonds. The van der Waals surface area contributed by atoms with E-state index in [1.54, 1.807) is 6.08 Å². The Bertz CT molecular complexity index is 423. The van der Waals surface area contributed by atoms with Gasteiger partial charge >= 0.3 is 0 Å². The van der Waals surface area contributed by atoms with Crippen molar-refractivity contribution >= 4 is 5.91 Å². The van der Waals surface area contributed by atoms with Gasteiger partial charge in [0.1, 0.15) is 6.54 Å². The molecule has 0 aromatic rings. The maximum absolute atomic E-state index is 12.0. The lowest BCUT2D eigenvalue weighted by Gasteiger charge is -2.18. The normalized spacial score (nSPS) is 10.8. The van der Waals surface area contributed by atoms with Crippen molar-refractivity contribution in [1.29, 1.82) is 0 Å². The van der Waals surface area contributed by atoms with E-state index in [9.17, 15) is 4.79 Å². The van der Waals surface area contributed by atoms with Crippen LogP contribution < -0.4 is 0 Å². The van der Waals surface area contributed by atoms with Crippen LogP contribution in [0.4, 0.5) is 0 Å². The standard InChI is InChI=1S/C24H41NO2/c1-4-7-8-9-10-11-12-13-14-15-16-17-18-19-20-21-24(26)25(22-5-2)27-23-6-3/h2,6,13-14H,3-4,7-12,15-23H2,1H3/b14-13-. The van der Waals surface area contributed by atoms with E-state index in [2.05, 4.69) is 31.6 Å². The summed E-state index contributed by atoms with van der Waals surface area (Å²) >= 11 is 0. The Balaban J connectivity index is 3.47. The van der Waals surface area contributed by atoms with Crippen LogP contribution in [0.25, 0.3) is 0 Å². The van der Waals surface area contributed by atoms with Crippen LogP contribution in [0.1, 0.15) is 96.8 Å². The lowest BCUT2D eigenvalue weighted by Crippen LogP contribution is -2.31. The van der Waals surface area contributed by atoms with Crippen molar-refractivity contribution in [2.45, 2.75) is 96.8 Å². The zero-order valence-electron chi connectivity index (χ0n) is 17.6. The number of allylic oxidation sites excluding steroid dienone is 2. The quantitative estimate of drug-likeness (QED) is 0.110. The van der Waals surface area contributed by atoms with Crippen molar-refractivity contribution < 1.29 is 9.63 Å². The predicted molar refractivity (Wildman–Crippen MR) is 116 cm³/mol. The van der Waals surface area contributed by atoms with E-state index in [1.165, 1.54) is 75.7 Å². The van der Waals surface area contributed by atoms with Gasteiger partial charge in [-0.2, -0.15) is 0 Å². The third-order valence-corrected chi connectivity index (χ3v) is 4.51. The molecule has 0 aromatic carbocycles. The molecule has 3 nitrogen and oxygen atoms in total. The molecule has 0 aliphatic rings. The molecule has 0 radical (unpaired) electrons. The van der Waals surface area contributed by atoms with Gasteiger partial charge in [-0.25, -0.2) is 5.06 Å². The molecule has 0 heterocycles. The van der Waals surface area contributed by atoms with E-state index in [0.29, 0.717) is 13.0 Å². The summed E-state index contributed by atoms with van der Waals surface area (Å²) in [6.07, 6.45) is 28.3. The summed E-state index contributed by atoms with van der Waals surface area (Å²) in [5.41, 5.74) is 0. The summed E-state index contributed by atoms with van der Waals surface area (Å²) in [4.78, 5) is 17.3. The molecule has 0 atom stereocenters. The molecule has 27 heavy (non-hydrogen) atoms. The summed E-state index contributed by atoms with van der Waals surface area (Å²) in [6.45, 7) is 6.34. The molecular formula is C24H41NO2. The van der Waals surface area contributed by atoms with Gasteiger partial charge in [-0.05, 0) is 32.1 Å². The largest absolute Gasteiger partial charge is 0.273 e. The van der Waals surface area contributed by atoms with E-state index in [4.69, 9.17) is 11.3 Å². The van der Waals surface area contributed by atoms with Gasteiger partial charge in [-0.1, -0.05) is 82.4 Å². The van der Waals surface area contributed by atoms with E-state index < -0.39 is 0 Å². The Kier molecular flexibility index (Phi) is 19.6. The molecular weight excluding hydrogens is 334 g/mol. The van der Waals surface area contributed by atoms with E-state index >= 15 is 0 Å². The number of terminal acetylenes is 1. The molecule has 0 saturated heterocycles. The first-order valence-corrected chi connectivity index (χ1v) is 10.9. The van der Waals surface area contributed by atoms with Crippen LogP contribution in [-0.4, -0.2) is 24.1 Å². The zero-order valence-corrected chi connectivity index (χ0v) is 17.6. The molecule has 0 aliphatic heterocycles. The van der Waals surface area contributed by atoms with Crippen LogP contribution in [0.5, 0.6) is 0 Å². The van der Waals surface area contributed by atoms with Crippen molar-refractivity contribution in [3.8, 4) is 12.3 Å². The second kappa shape index (κ2) is 20.8. The molecule has 0 rings (SSSR count). The van der Waals surface area contributed by atoms with Gasteiger partial charge in [0.2, 0.25) is 5.91 Å². The first-order chi connectivity index (χ1) is 13.3. The lowest BCUT2D eigenvalue weighted by atomic mass is 10.1. The molecule has 0 spiro atoms. The summed E-state index contributed by atoms with van der Waals surface area (Å²) in [6, 6.07) is 0. The average molecular weight is 376 g/mol. The average Bonchev–Trinajstić information content (AvgIpc) is 2.68. The molecule has 0 aliphatic carbocycles. The van der Waals surface area contributed by atoms with Gasteiger partial charge in [0, 0.05) is 6.42 Å². The third kappa shape index (κ3) is 17.6. The number of hydrogen-bond acceptors (Lipinski definition) is 2. The van der Waals surface area contributed by atoms with Crippen LogP contribution in [0.15, 0.2) is 24.8 Å². The Morgan fingerprint density at radius 3 is 2.07 bits per heavy atom. The molecule has 0 N–H and O–H groups in total. The minimum absolute atomic E-state index is 0.0348. The fourth-order valence-electron chi connectivity index (χ4n) is 2.90. The van der Waals surface area contributed by atoms with Crippen molar-refractivity contribution in [2.75, 3.05) is 13.2 Å². The van der Waals surface area contributed by atoms with Gasteiger partial charge < -0.3 is 0 Å². The number of nitrogens with zero attached hydrogens (tertiary/aromatic N) is 1. The Morgan fingerprint density at radius 2 is 1.52 bits per heavy atom. The summed E-state index contributed by atoms with van der Waals surface area (Å²) in [7, 11) is 0. The summed E-state index contributed by atoms with van der Waals surface area (Å²) in [5, 5.41) is 1.27. The second-order valence-corrected chi connectivity index (χ2v) is 7.05. The topological polar surface area (TPSA) is 29.5 Å². The van der Waals surface area contributed by atoms with Crippen LogP contribution in [0.2, 0.25) is 0 Å². The Hall–Kier alpha value is -1.53.